The zero-order valence-electron chi connectivity index (χ0n) is 5.32. The van der Waals surface area contributed by atoms with E-state index in [4.69, 9.17) is 0 Å². The maximum atomic E-state index is 12.9. The maximum absolute atomic E-state index is 12.9. The Labute approximate surface area is 50.6 Å². The Bertz CT molecular complexity index is 112. The van der Waals surface area contributed by atoms with E-state index in [2.05, 4.69) is 0 Å². The highest BCUT2D eigenvalue weighted by molar-refractivity contribution is 6.72. The molecule has 0 N–H and O–H groups in total. The van der Waals surface area contributed by atoms with Crippen LogP contribution >= 0.6 is 0 Å². The minimum atomic E-state index is -2.26. The van der Waals surface area contributed by atoms with Gasteiger partial charge in [-0.15, -0.1) is 0 Å². The quantitative estimate of drug-likeness (QED) is 0.290. The zero-order chi connectivity index (χ0) is 6.20. The summed E-state index contributed by atoms with van der Waals surface area (Å²) in [6.07, 6.45) is 5.01. The van der Waals surface area contributed by atoms with Crippen LogP contribution < -0.4 is 0 Å². The van der Waals surface area contributed by atoms with Crippen molar-refractivity contribution in [1.29, 1.82) is 0 Å². The van der Waals surface area contributed by atoms with Crippen molar-refractivity contribution < 1.29 is 4.11 Å². The largest absolute Gasteiger partial charge is 0.314 e. The van der Waals surface area contributed by atoms with Gasteiger partial charge in [0.25, 0.3) is 0 Å². The summed E-state index contributed by atoms with van der Waals surface area (Å²) in [7, 11) is -2.26. The molecule has 0 radical (unpaired) electrons. The monoisotopic (exact) mass is 130 g/mol. The van der Waals surface area contributed by atoms with Crippen LogP contribution in [0.15, 0.2) is 12.2 Å². The highest BCUT2D eigenvalue weighted by atomic mass is 28.4. The molecule has 1 atom stereocenters. The molecular formula is C6H11FSi. The van der Waals surface area contributed by atoms with Crippen LogP contribution in [-0.4, -0.2) is 8.41 Å². The van der Waals surface area contributed by atoms with E-state index in [-0.39, 0.29) is 0 Å². The molecule has 0 aromatic carbocycles. The van der Waals surface area contributed by atoms with E-state index in [0.29, 0.717) is 5.54 Å². The van der Waals surface area contributed by atoms with E-state index < -0.39 is 8.41 Å². The molecule has 0 heterocycles. The average Bonchev–Trinajstić information content (AvgIpc) is 1.16. The molecule has 46 valence electrons. The van der Waals surface area contributed by atoms with Crippen LogP contribution in [0.2, 0.25) is 18.6 Å². The van der Waals surface area contributed by atoms with E-state index in [0.717, 1.165) is 6.42 Å². The van der Waals surface area contributed by atoms with Crippen LogP contribution in [0, 0.1) is 0 Å². The van der Waals surface area contributed by atoms with Gasteiger partial charge in [-0.3, -0.25) is 0 Å². The third-order valence-corrected chi connectivity index (χ3v) is 3.83. The van der Waals surface area contributed by atoms with E-state index in [1.807, 2.05) is 12.2 Å². The van der Waals surface area contributed by atoms with Gasteiger partial charge in [-0.05, 0) is 19.5 Å². The molecule has 0 fully saturated rings. The van der Waals surface area contributed by atoms with Crippen molar-refractivity contribution in [3.05, 3.63) is 12.2 Å². The first-order valence-corrected chi connectivity index (χ1v) is 5.92. The van der Waals surface area contributed by atoms with Gasteiger partial charge in [0.2, 0.25) is 8.41 Å². The van der Waals surface area contributed by atoms with E-state index in [9.17, 15) is 4.11 Å². The summed E-state index contributed by atoms with van der Waals surface area (Å²) in [5, 5.41) is 0. The normalized spacial score (nSPS) is 27.6. The highest BCUT2D eigenvalue weighted by Crippen LogP contribution is 2.34. The van der Waals surface area contributed by atoms with Gasteiger partial charge in [-0.1, -0.05) is 12.2 Å². The molecule has 0 amide bonds. The fraction of sp³-hybridized carbons (Fsp3) is 0.667. The molecule has 1 aliphatic carbocycles. The standard InChI is InChI=1S/C6H11FSi/c1-8(2,7)6-4-3-5-6/h3-4,6H,5H2,1-2H3. The third-order valence-electron chi connectivity index (χ3n) is 1.64. The average molecular weight is 130 g/mol. The van der Waals surface area contributed by atoms with Crippen molar-refractivity contribution >= 4 is 8.41 Å². The van der Waals surface area contributed by atoms with Gasteiger partial charge in [-0.25, -0.2) is 0 Å². The molecule has 1 rings (SSSR count). The van der Waals surface area contributed by atoms with Gasteiger partial charge < -0.3 is 4.11 Å². The number of hydrogen-bond acceptors (Lipinski definition) is 0. The summed E-state index contributed by atoms with van der Waals surface area (Å²) in [4.78, 5) is 0. The van der Waals surface area contributed by atoms with Crippen molar-refractivity contribution in [2.75, 3.05) is 0 Å². The molecular weight excluding hydrogens is 119 g/mol. The lowest BCUT2D eigenvalue weighted by Crippen LogP contribution is -2.27. The fourth-order valence-corrected chi connectivity index (χ4v) is 2.07. The Morgan fingerprint density at radius 3 is 2.12 bits per heavy atom. The Morgan fingerprint density at radius 2 is 2.12 bits per heavy atom. The Hall–Kier alpha value is -0.113. The Balaban J connectivity index is 2.48. The second kappa shape index (κ2) is 1.69. The summed E-state index contributed by atoms with van der Waals surface area (Å²) >= 11 is 0. The first-order chi connectivity index (χ1) is 3.61. The van der Waals surface area contributed by atoms with Gasteiger partial charge in [0.05, 0.1) is 0 Å². The second-order valence-electron chi connectivity index (χ2n) is 2.83. The molecule has 2 heteroatoms. The molecule has 0 aliphatic heterocycles. The van der Waals surface area contributed by atoms with Gasteiger partial charge in [0.15, 0.2) is 0 Å². The van der Waals surface area contributed by atoms with Crippen molar-refractivity contribution in [2.45, 2.75) is 25.1 Å². The molecule has 1 unspecified atom stereocenters. The fourth-order valence-electron chi connectivity index (χ4n) is 0.781. The molecule has 0 saturated carbocycles. The van der Waals surface area contributed by atoms with Crippen molar-refractivity contribution in [3.63, 3.8) is 0 Å². The van der Waals surface area contributed by atoms with Gasteiger partial charge in [0, 0.05) is 5.54 Å². The van der Waals surface area contributed by atoms with E-state index >= 15 is 0 Å². The molecule has 0 bridgehead atoms. The first kappa shape index (κ1) is 6.01. The number of allylic oxidation sites excluding steroid dienone is 2. The van der Waals surface area contributed by atoms with Gasteiger partial charge in [-0.2, -0.15) is 0 Å². The molecule has 0 aromatic heterocycles. The summed E-state index contributed by atoms with van der Waals surface area (Å²) in [6.45, 7) is 3.53. The van der Waals surface area contributed by atoms with Crippen LogP contribution in [-0.2, 0) is 0 Å². The number of halogens is 1. The van der Waals surface area contributed by atoms with Gasteiger partial charge >= 0.3 is 0 Å². The molecule has 0 spiro atoms. The highest BCUT2D eigenvalue weighted by Gasteiger charge is 2.32. The zero-order valence-corrected chi connectivity index (χ0v) is 6.32. The topological polar surface area (TPSA) is 0 Å². The van der Waals surface area contributed by atoms with E-state index in [1.165, 1.54) is 0 Å². The third kappa shape index (κ3) is 0.995. The lowest BCUT2D eigenvalue weighted by molar-refractivity contribution is 0.727. The second-order valence-corrected chi connectivity index (χ2v) is 6.71. The maximum Gasteiger partial charge on any atom is 0.247 e. The predicted molar refractivity (Wildman–Crippen MR) is 36.1 cm³/mol. The lowest BCUT2D eigenvalue weighted by Gasteiger charge is -2.25. The van der Waals surface area contributed by atoms with Gasteiger partial charge in [0.1, 0.15) is 0 Å². The Kier molecular flexibility index (Phi) is 1.27. The van der Waals surface area contributed by atoms with Crippen LogP contribution in [0.3, 0.4) is 0 Å². The molecule has 0 saturated heterocycles. The molecule has 1 aliphatic rings. The molecule has 0 nitrogen and oxygen atoms in total. The molecule has 0 aromatic rings. The smallest absolute Gasteiger partial charge is 0.247 e. The molecule has 8 heavy (non-hydrogen) atoms. The van der Waals surface area contributed by atoms with Crippen molar-refractivity contribution in [2.24, 2.45) is 0 Å². The Morgan fingerprint density at radius 1 is 1.62 bits per heavy atom. The minimum Gasteiger partial charge on any atom is -0.314 e. The van der Waals surface area contributed by atoms with Crippen molar-refractivity contribution in [3.8, 4) is 0 Å². The number of hydrogen-bond donors (Lipinski definition) is 0. The number of rotatable bonds is 1. The first-order valence-electron chi connectivity index (χ1n) is 2.96. The summed E-state index contributed by atoms with van der Waals surface area (Å²) in [6, 6.07) is 0. The summed E-state index contributed by atoms with van der Waals surface area (Å²) in [5.74, 6) is 0. The van der Waals surface area contributed by atoms with E-state index in [1.54, 1.807) is 13.1 Å². The van der Waals surface area contributed by atoms with Crippen molar-refractivity contribution in [1.82, 2.24) is 0 Å². The van der Waals surface area contributed by atoms with Crippen LogP contribution in [0.25, 0.3) is 0 Å². The summed E-state index contributed by atoms with van der Waals surface area (Å²) in [5.41, 5.74) is 0.322. The SMILES string of the molecule is C[Si](C)(F)C1C=CC1. The van der Waals surface area contributed by atoms with Crippen LogP contribution in [0.1, 0.15) is 6.42 Å². The van der Waals surface area contributed by atoms with Crippen LogP contribution in [0.5, 0.6) is 0 Å². The predicted octanol–water partition coefficient (Wildman–Crippen LogP) is 2.49. The minimum absolute atomic E-state index is 0.322. The van der Waals surface area contributed by atoms with Crippen LogP contribution in [0.4, 0.5) is 4.11 Å². The summed E-state index contributed by atoms with van der Waals surface area (Å²) < 4.78 is 12.9. The lowest BCUT2D eigenvalue weighted by atomic mass is 10.1.